The lowest BCUT2D eigenvalue weighted by Crippen LogP contribution is -2.22. The van der Waals surface area contributed by atoms with Crippen LogP contribution in [-0.4, -0.2) is 16.6 Å². The topological polar surface area (TPSA) is 74.4 Å². The number of halogens is 4. The number of pyridine rings is 1. The number of ether oxygens (including phenoxy) is 1. The maximum Gasteiger partial charge on any atom is 0.417 e. The molecule has 0 saturated carbocycles. The number of nitro groups is 1. The molecule has 6 nitrogen and oxygen atoms in total. The van der Waals surface area contributed by atoms with Crippen LogP contribution in [0.2, 0.25) is 0 Å². The summed E-state index contributed by atoms with van der Waals surface area (Å²) in [6.45, 7) is -0.546. The third kappa shape index (κ3) is 3.53. The van der Waals surface area contributed by atoms with Crippen LogP contribution < -0.4 is 10.3 Å². The molecule has 0 bridgehead atoms. The first-order valence-electron chi connectivity index (χ1n) is 6.42. The van der Waals surface area contributed by atoms with Gasteiger partial charge in [-0.25, -0.2) is 4.39 Å². The molecule has 0 aliphatic heterocycles. The summed E-state index contributed by atoms with van der Waals surface area (Å²) in [4.78, 5) is 21.8. The number of alkyl halides is 3. The van der Waals surface area contributed by atoms with E-state index in [4.69, 9.17) is 4.74 Å². The molecule has 0 spiro atoms. The number of nitro benzene ring substituents is 1. The van der Waals surface area contributed by atoms with Gasteiger partial charge in [-0.3, -0.25) is 14.9 Å². The summed E-state index contributed by atoms with van der Waals surface area (Å²) in [6, 6.07) is 2.88. The second-order valence-electron chi connectivity index (χ2n) is 4.75. The Kier molecular flexibility index (Phi) is 4.58. The average molecular weight is 346 g/mol. The lowest BCUT2D eigenvalue weighted by atomic mass is 10.1. The Balaban J connectivity index is 2.55. The Bertz CT molecular complexity index is 846. The number of hydrogen-bond donors (Lipinski definition) is 0. The molecule has 0 aliphatic carbocycles. The van der Waals surface area contributed by atoms with E-state index in [0.717, 1.165) is 13.2 Å². The van der Waals surface area contributed by atoms with E-state index in [1.54, 1.807) is 0 Å². The SMILES string of the molecule is COc1cc(Cn2cc(C(F)(F)F)ccc2=O)c([N+](=O)[O-])cc1F. The van der Waals surface area contributed by atoms with E-state index in [1.807, 2.05) is 0 Å². The molecule has 1 heterocycles. The van der Waals surface area contributed by atoms with Gasteiger partial charge in [-0.15, -0.1) is 0 Å². The summed E-state index contributed by atoms with van der Waals surface area (Å²) >= 11 is 0. The maximum atomic E-state index is 13.6. The maximum absolute atomic E-state index is 13.6. The van der Waals surface area contributed by atoms with Crippen LogP contribution in [0.3, 0.4) is 0 Å². The molecule has 0 unspecified atom stereocenters. The van der Waals surface area contributed by atoms with Crippen molar-refractivity contribution in [2.75, 3.05) is 7.11 Å². The Morgan fingerprint density at radius 2 is 1.96 bits per heavy atom. The van der Waals surface area contributed by atoms with E-state index in [0.29, 0.717) is 29.0 Å². The number of benzene rings is 1. The summed E-state index contributed by atoms with van der Waals surface area (Å²) in [6.07, 6.45) is -4.14. The molecule has 0 radical (unpaired) electrons. The third-order valence-corrected chi connectivity index (χ3v) is 3.20. The number of rotatable bonds is 4. The fraction of sp³-hybridized carbons (Fsp3) is 0.214. The van der Waals surface area contributed by atoms with Crippen LogP contribution in [0.25, 0.3) is 0 Å². The Hall–Kier alpha value is -2.91. The highest BCUT2D eigenvalue weighted by molar-refractivity contribution is 5.46. The zero-order valence-electron chi connectivity index (χ0n) is 12.1. The smallest absolute Gasteiger partial charge is 0.417 e. The minimum Gasteiger partial charge on any atom is -0.494 e. The highest BCUT2D eigenvalue weighted by atomic mass is 19.4. The molecule has 128 valence electrons. The fourth-order valence-electron chi connectivity index (χ4n) is 2.04. The van der Waals surface area contributed by atoms with Crippen molar-refractivity contribution in [3.05, 3.63) is 67.9 Å². The van der Waals surface area contributed by atoms with Crippen LogP contribution in [0.15, 0.2) is 35.3 Å². The molecule has 0 amide bonds. The van der Waals surface area contributed by atoms with Crippen LogP contribution in [0, 0.1) is 15.9 Å². The van der Waals surface area contributed by atoms with Gasteiger partial charge >= 0.3 is 6.18 Å². The number of methoxy groups -OCH3 is 1. The van der Waals surface area contributed by atoms with E-state index in [9.17, 15) is 32.5 Å². The summed E-state index contributed by atoms with van der Waals surface area (Å²) in [7, 11) is 1.13. The highest BCUT2D eigenvalue weighted by Crippen LogP contribution is 2.30. The van der Waals surface area contributed by atoms with E-state index >= 15 is 0 Å². The Morgan fingerprint density at radius 3 is 2.50 bits per heavy atom. The Morgan fingerprint density at radius 1 is 1.29 bits per heavy atom. The van der Waals surface area contributed by atoms with Crippen molar-refractivity contribution in [1.29, 1.82) is 0 Å². The van der Waals surface area contributed by atoms with Gasteiger partial charge in [0, 0.05) is 12.3 Å². The fourth-order valence-corrected chi connectivity index (χ4v) is 2.04. The summed E-state index contributed by atoms with van der Waals surface area (Å²) < 4.78 is 57.1. The zero-order chi connectivity index (χ0) is 18.1. The molecular weight excluding hydrogens is 336 g/mol. The first-order chi connectivity index (χ1) is 11.1. The van der Waals surface area contributed by atoms with Gasteiger partial charge in [0.05, 0.1) is 35.8 Å². The second-order valence-corrected chi connectivity index (χ2v) is 4.75. The van der Waals surface area contributed by atoms with Crippen molar-refractivity contribution >= 4 is 5.69 Å². The summed E-state index contributed by atoms with van der Waals surface area (Å²) in [5, 5.41) is 11.0. The minimum absolute atomic E-state index is 0.167. The van der Waals surface area contributed by atoms with Crippen molar-refractivity contribution in [1.82, 2.24) is 4.57 Å². The van der Waals surface area contributed by atoms with Gasteiger partial charge in [0.25, 0.3) is 11.2 Å². The molecule has 0 aliphatic rings. The van der Waals surface area contributed by atoms with Crippen LogP contribution in [-0.2, 0) is 12.7 Å². The predicted octanol–water partition coefficient (Wildman–Crippen LogP) is 2.97. The molecule has 24 heavy (non-hydrogen) atoms. The van der Waals surface area contributed by atoms with E-state index < -0.39 is 40.3 Å². The first kappa shape index (κ1) is 17.4. The number of aromatic nitrogens is 1. The largest absolute Gasteiger partial charge is 0.494 e. The van der Waals surface area contributed by atoms with Gasteiger partial charge in [-0.1, -0.05) is 0 Å². The first-order valence-corrected chi connectivity index (χ1v) is 6.42. The van der Waals surface area contributed by atoms with Gasteiger partial charge in [-0.2, -0.15) is 13.2 Å². The highest BCUT2D eigenvalue weighted by Gasteiger charge is 2.31. The average Bonchev–Trinajstić information content (AvgIpc) is 2.49. The molecule has 0 N–H and O–H groups in total. The lowest BCUT2D eigenvalue weighted by Gasteiger charge is -2.12. The van der Waals surface area contributed by atoms with Crippen molar-refractivity contribution in [2.24, 2.45) is 0 Å². The van der Waals surface area contributed by atoms with Crippen molar-refractivity contribution < 1.29 is 27.2 Å². The molecule has 1 aromatic heterocycles. The van der Waals surface area contributed by atoms with Gasteiger partial charge < -0.3 is 9.30 Å². The quantitative estimate of drug-likeness (QED) is 0.485. The van der Waals surface area contributed by atoms with Gasteiger partial charge in [0.1, 0.15) is 0 Å². The zero-order valence-corrected chi connectivity index (χ0v) is 12.1. The van der Waals surface area contributed by atoms with Gasteiger partial charge in [-0.05, 0) is 12.1 Å². The van der Waals surface area contributed by atoms with Crippen molar-refractivity contribution in [3.8, 4) is 5.75 Å². The minimum atomic E-state index is -4.68. The van der Waals surface area contributed by atoms with E-state index in [2.05, 4.69) is 0 Å². The molecule has 2 aromatic rings. The lowest BCUT2D eigenvalue weighted by molar-refractivity contribution is -0.385. The number of nitrogens with zero attached hydrogens (tertiary/aromatic N) is 2. The second kappa shape index (κ2) is 6.30. The predicted molar refractivity (Wildman–Crippen MR) is 74.4 cm³/mol. The number of hydrogen-bond acceptors (Lipinski definition) is 4. The monoisotopic (exact) mass is 346 g/mol. The summed E-state index contributed by atoms with van der Waals surface area (Å²) in [5.41, 5.74) is -2.71. The van der Waals surface area contributed by atoms with Crippen molar-refractivity contribution in [2.45, 2.75) is 12.7 Å². The van der Waals surface area contributed by atoms with Crippen LogP contribution >= 0.6 is 0 Å². The standard InChI is InChI=1S/C14H10F4N2O4/c1-24-12-4-8(11(20(22)23)5-10(12)15)6-19-7-9(14(16,17)18)2-3-13(19)21/h2-5,7H,6H2,1H3. The molecule has 0 fully saturated rings. The molecule has 2 rings (SSSR count). The molecule has 0 saturated heterocycles. The van der Waals surface area contributed by atoms with Crippen LogP contribution in [0.1, 0.15) is 11.1 Å². The molecule has 0 atom stereocenters. The normalized spacial score (nSPS) is 11.4. The van der Waals surface area contributed by atoms with Crippen LogP contribution in [0.5, 0.6) is 5.75 Å². The molecule has 1 aromatic carbocycles. The molecular formula is C14H10F4N2O4. The van der Waals surface area contributed by atoms with Crippen LogP contribution in [0.4, 0.5) is 23.2 Å². The van der Waals surface area contributed by atoms with Gasteiger partial charge in [0.15, 0.2) is 11.6 Å². The third-order valence-electron chi connectivity index (χ3n) is 3.20. The van der Waals surface area contributed by atoms with Gasteiger partial charge in [0.2, 0.25) is 0 Å². The van der Waals surface area contributed by atoms with E-state index in [-0.39, 0.29) is 11.3 Å². The van der Waals surface area contributed by atoms with E-state index in [1.165, 1.54) is 0 Å². The summed E-state index contributed by atoms with van der Waals surface area (Å²) in [5.74, 6) is -1.32. The van der Waals surface area contributed by atoms with Crippen molar-refractivity contribution in [3.63, 3.8) is 0 Å². The molecule has 10 heteroatoms. The Labute approximate surface area is 132 Å².